The van der Waals surface area contributed by atoms with Crippen LogP contribution in [0.4, 0.5) is 20.1 Å². The first kappa shape index (κ1) is 20.0. The van der Waals surface area contributed by atoms with Crippen LogP contribution in [0, 0.1) is 6.92 Å². The predicted octanol–water partition coefficient (Wildman–Crippen LogP) is 2.98. The highest BCUT2D eigenvalue weighted by molar-refractivity contribution is 6.14. The molecule has 0 aliphatic heterocycles. The van der Waals surface area contributed by atoms with Crippen molar-refractivity contribution in [2.75, 3.05) is 5.73 Å². The Bertz CT molecular complexity index is 968. The van der Waals surface area contributed by atoms with Gasteiger partial charge in [0.15, 0.2) is 17.3 Å². The highest BCUT2D eigenvalue weighted by Crippen LogP contribution is 2.47. The molecule has 2 aromatic carbocycles. The summed E-state index contributed by atoms with van der Waals surface area (Å²) < 4.78 is 13.6. The Morgan fingerprint density at radius 3 is 1.75 bits per heavy atom. The number of carboxylic acid groups (broad SMARTS) is 3. The molecule has 11 heteroatoms. The van der Waals surface area contributed by atoms with Crippen molar-refractivity contribution in [3.05, 3.63) is 47.0 Å². The summed E-state index contributed by atoms with van der Waals surface area (Å²) in [5, 5.41) is 26.8. The van der Waals surface area contributed by atoms with E-state index in [0.29, 0.717) is 0 Å². The predicted molar refractivity (Wildman–Crippen MR) is 91.4 cm³/mol. The minimum Gasteiger partial charge on any atom is -0.449 e. The minimum atomic E-state index is -1.88. The van der Waals surface area contributed by atoms with Gasteiger partial charge in [-0.25, -0.2) is 14.4 Å². The average molecular weight is 391 g/mol. The summed E-state index contributed by atoms with van der Waals surface area (Å²) in [5.74, 6) is -3.00. The summed E-state index contributed by atoms with van der Waals surface area (Å²) in [6.45, 7) is 1.19. The normalized spacial score (nSPS) is 10.0. The fourth-order valence-corrected chi connectivity index (χ4v) is 2.41. The van der Waals surface area contributed by atoms with Crippen LogP contribution in [0.1, 0.15) is 21.5 Å². The number of carbonyl (C=O) groups excluding carboxylic acids is 1. The fourth-order valence-electron chi connectivity index (χ4n) is 2.41. The number of hydrogen-bond acceptors (Lipinski definition) is 8. The molecule has 0 amide bonds. The van der Waals surface area contributed by atoms with E-state index in [4.69, 9.17) is 21.1 Å². The van der Waals surface area contributed by atoms with Gasteiger partial charge in [0.25, 0.3) is 0 Å². The Labute approximate surface area is 156 Å². The summed E-state index contributed by atoms with van der Waals surface area (Å²) in [7, 11) is 0. The average Bonchev–Trinajstić information content (AvgIpc) is 2.62. The van der Waals surface area contributed by atoms with E-state index >= 15 is 0 Å². The molecular formula is C17H13NO10. The van der Waals surface area contributed by atoms with E-state index in [1.54, 1.807) is 18.2 Å². The van der Waals surface area contributed by atoms with Gasteiger partial charge in [0.05, 0.1) is 5.56 Å². The fraction of sp³-hybridized carbons (Fsp3) is 0.0588. The maximum absolute atomic E-state index is 12.9. The Hall–Kier alpha value is -4.28. The Balaban J connectivity index is 2.86. The molecule has 5 N–H and O–H groups in total. The maximum Gasteiger partial charge on any atom is 0.511 e. The number of nitrogens with two attached hydrogens (primary N) is 1. The van der Waals surface area contributed by atoms with E-state index in [1.807, 2.05) is 0 Å². The van der Waals surface area contributed by atoms with Crippen LogP contribution in [0.2, 0.25) is 0 Å². The molecule has 0 bridgehead atoms. The molecule has 0 aromatic heterocycles. The van der Waals surface area contributed by atoms with Gasteiger partial charge in [0.1, 0.15) is 5.69 Å². The van der Waals surface area contributed by atoms with E-state index in [2.05, 4.69) is 14.2 Å². The Morgan fingerprint density at radius 2 is 1.25 bits per heavy atom. The maximum atomic E-state index is 12.9. The summed E-state index contributed by atoms with van der Waals surface area (Å²) in [4.78, 5) is 45.9. The van der Waals surface area contributed by atoms with Crippen molar-refractivity contribution in [2.24, 2.45) is 0 Å². The van der Waals surface area contributed by atoms with Crippen molar-refractivity contribution in [3.63, 3.8) is 0 Å². The van der Waals surface area contributed by atoms with Crippen LogP contribution in [-0.2, 0) is 0 Å². The Kier molecular flexibility index (Phi) is 5.69. The topological polar surface area (TPSA) is 183 Å². The largest absolute Gasteiger partial charge is 0.511 e. The first-order chi connectivity index (χ1) is 13.1. The quantitative estimate of drug-likeness (QED) is 0.254. The molecule has 2 rings (SSSR count). The number of nitrogen functional groups attached to an aromatic ring is 1. The molecule has 0 atom stereocenters. The van der Waals surface area contributed by atoms with Crippen LogP contribution in [-0.4, -0.2) is 39.6 Å². The number of anilines is 1. The highest BCUT2D eigenvalue weighted by Gasteiger charge is 2.31. The molecule has 0 saturated heterocycles. The lowest BCUT2D eigenvalue weighted by molar-refractivity contribution is 0.103. The van der Waals surface area contributed by atoms with Crippen LogP contribution in [0.25, 0.3) is 0 Å². The third kappa shape index (κ3) is 4.09. The van der Waals surface area contributed by atoms with Gasteiger partial charge < -0.3 is 35.3 Å². The number of rotatable bonds is 5. The molecule has 0 heterocycles. The molecule has 0 unspecified atom stereocenters. The molecule has 0 aliphatic rings. The highest BCUT2D eigenvalue weighted by atomic mass is 16.7. The zero-order valence-corrected chi connectivity index (χ0v) is 14.2. The van der Waals surface area contributed by atoms with Gasteiger partial charge in [-0.2, -0.15) is 0 Å². The minimum absolute atomic E-state index is 0.105. The SMILES string of the molecule is Cc1c(OC(=O)O)c(OC(=O)O)c(N)c(OC(=O)O)c1C(=O)c1ccccc1. The van der Waals surface area contributed by atoms with E-state index in [-0.39, 0.29) is 11.1 Å². The van der Waals surface area contributed by atoms with Gasteiger partial charge in [-0.1, -0.05) is 30.3 Å². The van der Waals surface area contributed by atoms with Gasteiger partial charge in [-0.15, -0.1) is 0 Å². The Morgan fingerprint density at radius 1 is 0.786 bits per heavy atom. The number of carbonyl (C=O) groups is 4. The van der Waals surface area contributed by atoms with Gasteiger partial charge >= 0.3 is 18.5 Å². The number of ketones is 1. The zero-order valence-electron chi connectivity index (χ0n) is 14.2. The molecule has 2 aromatic rings. The van der Waals surface area contributed by atoms with Crippen LogP contribution in [0.5, 0.6) is 17.2 Å². The smallest absolute Gasteiger partial charge is 0.449 e. The molecule has 0 spiro atoms. The van der Waals surface area contributed by atoms with Crippen LogP contribution in [0.3, 0.4) is 0 Å². The molecular weight excluding hydrogens is 378 g/mol. The van der Waals surface area contributed by atoms with Crippen molar-refractivity contribution in [3.8, 4) is 17.2 Å². The van der Waals surface area contributed by atoms with E-state index < -0.39 is 52.7 Å². The van der Waals surface area contributed by atoms with Crippen molar-refractivity contribution in [1.82, 2.24) is 0 Å². The standard InChI is InChI=1S/C17H13NO10/c1-7-9(11(19)8-5-3-2-4-6-8)13(27-16(22)23)10(18)14(28-17(24)25)12(7)26-15(20)21/h2-6H,18H2,1H3,(H,20,21)(H,22,23)(H,24,25). The molecule has 28 heavy (non-hydrogen) atoms. The molecule has 0 saturated carbocycles. The second-order valence-electron chi connectivity index (χ2n) is 5.20. The lowest BCUT2D eigenvalue weighted by Crippen LogP contribution is -2.17. The van der Waals surface area contributed by atoms with E-state index in [9.17, 15) is 19.2 Å². The summed E-state index contributed by atoms with van der Waals surface area (Å²) in [6, 6.07) is 7.56. The number of hydrogen-bond donors (Lipinski definition) is 4. The van der Waals surface area contributed by atoms with Crippen molar-refractivity contribution in [2.45, 2.75) is 6.92 Å². The van der Waals surface area contributed by atoms with E-state index in [0.717, 1.165) is 0 Å². The summed E-state index contributed by atoms with van der Waals surface area (Å²) in [6.07, 6.45) is -5.58. The second kappa shape index (κ2) is 7.95. The van der Waals surface area contributed by atoms with Gasteiger partial charge in [0.2, 0.25) is 5.75 Å². The summed E-state index contributed by atoms with van der Waals surface area (Å²) >= 11 is 0. The van der Waals surface area contributed by atoms with Crippen molar-refractivity contribution < 1.29 is 48.7 Å². The number of ether oxygens (including phenoxy) is 3. The van der Waals surface area contributed by atoms with Gasteiger partial charge in [0, 0.05) is 11.1 Å². The lowest BCUT2D eigenvalue weighted by atomic mass is 9.95. The molecule has 11 nitrogen and oxygen atoms in total. The second-order valence-corrected chi connectivity index (χ2v) is 5.20. The first-order valence-corrected chi connectivity index (χ1v) is 7.41. The lowest BCUT2D eigenvalue weighted by Gasteiger charge is -2.19. The third-order valence-corrected chi connectivity index (χ3v) is 3.47. The van der Waals surface area contributed by atoms with Crippen LogP contribution >= 0.6 is 0 Å². The van der Waals surface area contributed by atoms with Crippen LogP contribution in [0.15, 0.2) is 30.3 Å². The molecule has 0 radical (unpaired) electrons. The first-order valence-electron chi connectivity index (χ1n) is 7.41. The van der Waals surface area contributed by atoms with Crippen molar-refractivity contribution in [1.29, 1.82) is 0 Å². The van der Waals surface area contributed by atoms with Gasteiger partial charge in [-0.3, -0.25) is 4.79 Å². The number of benzene rings is 2. The zero-order chi connectivity index (χ0) is 21.0. The monoisotopic (exact) mass is 391 g/mol. The van der Waals surface area contributed by atoms with Crippen molar-refractivity contribution >= 4 is 29.9 Å². The van der Waals surface area contributed by atoms with Crippen LogP contribution < -0.4 is 19.9 Å². The third-order valence-electron chi connectivity index (χ3n) is 3.47. The molecule has 0 aliphatic carbocycles. The molecule has 0 fully saturated rings. The van der Waals surface area contributed by atoms with E-state index in [1.165, 1.54) is 19.1 Å². The van der Waals surface area contributed by atoms with Gasteiger partial charge in [-0.05, 0) is 6.92 Å². The molecule has 146 valence electrons. The summed E-state index contributed by atoms with van der Waals surface area (Å²) in [5.41, 5.74) is 4.42.